The predicted octanol–water partition coefficient (Wildman–Crippen LogP) is 1.71. The van der Waals surface area contributed by atoms with Crippen LogP contribution in [0, 0.1) is 5.92 Å². The molecular formula is C13H27N3. The van der Waals surface area contributed by atoms with Crippen molar-refractivity contribution in [1.82, 2.24) is 15.3 Å². The van der Waals surface area contributed by atoms with Crippen molar-refractivity contribution in [2.45, 2.75) is 45.1 Å². The van der Waals surface area contributed by atoms with E-state index in [1.165, 1.54) is 58.3 Å². The van der Waals surface area contributed by atoms with E-state index in [-0.39, 0.29) is 0 Å². The molecule has 1 saturated heterocycles. The molecule has 16 heavy (non-hydrogen) atoms. The molecule has 1 aliphatic carbocycles. The second kappa shape index (κ2) is 5.99. The highest BCUT2D eigenvalue weighted by molar-refractivity contribution is 4.76. The molecule has 3 nitrogen and oxygen atoms in total. The van der Waals surface area contributed by atoms with E-state index in [9.17, 15) is 0 Å². The Morgan fingerprint density at radius 1 is 1.00 bits per heavy atom. The number of hydrogen-bond acceptors (Lipinski definition) is 3. The van der Waals surface area contributed by atoms with Gasteiger partial charge in [-0.15, -0.1) is 0 Å². The molecule has 2 rings (SSSR count). The molecule has 0 aromatic rings. The standard InChI is InChI=1S/C13H27N3/c1-12(13-6-4-3-5-7-13)14-16-10-8-15(2)9-11-16/h12-14H,3-11H2,1-2H3. The molecule has 1 heterocycles. The van der Waals surface area contributed by atoms with Crippen molar-refractivity contribution in [1.29, 1.82) is 0 Å². The number of piperazine rings is 1. The number of hydrogen-bond donors (Lipinski definition) is 1. The molecule has 94 valence electrons. The van der Waals surface area contributed by atoms with E-state index < -0.39 is 0 Å². The van der Waals surface area contributed by atoms with Gasteiger partial charge in [-0.2, -0.15) is 0 Å². The van der Waals surface area contributed by atoms with Crippen molar-refractivity contribution >= 4 is 0 Å². The summed E-state index contributed by atoms with van der Waals surface area (Å²) in [5, 5.41) is 2.43. The molecule has 1 atom stereocenters. The zero-order chi connectivity index (χ0) is 11.4. The average Bonchev–Trinajstić information content (AvgIpc) is 2.33. The zero-order valence-corrected chi connectivity index (χ0v) is 10.9. The fraction of sp³-hybridized carbons (Fsp3) is 1.00. The maximum absolute atomic E-state index is 3.72. The van der Waals surface area contributed by atoms with Gasteiger partial charge < -0.3 is 4.90 Å². The van der Waals surface area contributed by atoms with E-state index in [0.717, 1.165) is 5.92 Å². The first-order valence-electron chi connectivity index (χ1n) is 6.95. The van der Waals surface area contributed by atoms with Gasteiger partial charge in [0, 0.05) is 32.2 Å². The summed E-state index contributed by atoms with van der Waals surface area (Å²) < 4.78 is 0. The minimum absolute atomic E-state index is 0.670. The van der Waals surface area contributed by atoms with Crippen LogP contribution < -0.4 is 5.43 Å². The number of hydrazine groups is 1. The highest BCUT2D eigenvalue weighted by Gasteiger charge is 2.22. The molecule has 1 saturated carbocycles. The Hall–Kier alpha value is -0.120. The van der Waals surface area contributed by atoms with Crippen molar-refractivity contribution in [3.05, 3.63) is 0 Å². The summed E-state index contributed by atoms with van der Waals surface area (Å²) in [5.74, 6) is 0.911. The average molecular weight is 225 g/mol. The van der Waals surface area contributed by atoms with Crippen LogP contribution in [0.1, 0.15) is 39.0 Å². The second-order valence-electron chi connectivity index (χ2n) is 5.61. The van der Waals surface area contributed by atoms with E-state index in [1.54, 1.807) is 0 Å². The van der Waals surface area contributed by atoms with Gasteiger partial charge in [0.2, 0.25) is 0 Å². The number of likely N-dealkylation sites (N-methyl/N-ethyl adjacent to an activating group) is 1. The Kier molecular flexibility index (Phi) is 4.62. The first-order valence-corrected chi connectivity index (χ1v) is 6.95. The van der Waals surface area contributed by atoms with Gasteiger partial charge >= 0.3 is 0 Å². The van der Waals surface area contributed by atoms with Crippen LogP contribution in [-0.4, -0.2) is 49.2 Å². The predicted molar refractivity (Wildman–Crippen MR) is 68.2 cm³/mol. The summed E-state index contributed by atoms with van der Waals surface area (Å²) in [7, 11) is 2.21. The molecule has 1 unspecified atom stereocenters. The minimum Gasteiger partial charge on any atom is -0.304 e. The van der Waals surface area contributed by atoms with Gasteiger partial charge in [0.25, 0.3) is 0 Å². The molecule has 0 bridgehead atoms. The summed E-state index contributed by atoms with van der Waals surface area (Å²) in [5.41, 5.74) is 3.72. The Balaban J connectivity index is 1.71. The van der Waals surface area contributed by atoms with Gasteiger partial charge in [0.15, 0.2) is 0 Å². The lowest BCUT2D eigenvalue weighted by atomic mass is 9.85. The third-order valence-corrected chi connectivity index (χ3v) is 4.25. The number of rotatable bonds is 3. The topological polar surface area (TPSA) is 18.5 Å². The Labute approximate surface area is 100 Å². The monoisotopic (exact) mass is 225 g/mol. The van der Waals surface area contributed by atoms with Crippen LogP contribution in [-0.2, 0) is 0 Å². The summed E-state index contributed by atoms with van der Waals surface area (Å²) in [6.45, 7) is 7.12. The van der Waals surface area contributed by atoms with Crippen LogP contribution in [0.2, 0.25) is 0 Å². The van der Waals surface area contributed by atoms with Crippen LogP contribution >= 0.6 is 0 Å². The third kappa shape index (κ3) is 3.44. The maximum atomic E-state index is 3.72. The Morgan fingerprint density at radius 3 is 2.25 bits per heavy atom. The zero-order valence-electron chi connectivity index (χ0n) is 10.9. The fourth-order valence-electron chi connectivity index (χ4n) is 2.96. The minimum atomic E-state index is 0.670. The molecular weight excluding hydrogens is 198 g/mol. The maximum Gasteiger partial charge on any atom is 0.0259 e. The van der Waals surface area contributed by atoms with Crippen molar-refractivity contribution in [3.8, 4) is 0 Å². The largest absolute Gasteiger partial charge is 0.304 e. The van der Waals surface area contributed by atoms with Crippen LogP contribution in [0.5, 0.6) is 0 Å². The normalized spacial score (nSPS) is 28.1. The lowest BCUT2D eigenvalue weighted by molar-refractivity contribution is 0.0715. The number of nitrogens with one attached hydrogen (secondary N) is 1. The second-order valence-corrected chi connectivity index (χ2v) is 5.61. The van der Waals surface area contributed by atoms with Crippen molar-refractivity contribution in [3.63, 3.8) is 0 Å². The van der Waals surface area contributed by atoms with Crippen molar-refractivity contribution in [2.75, 3.05) is 33.2 Å². The van der Waals surface area contributed by atoms with Gasteiger partial charge in [0.05, 0.1) is 0 Å². The molecule has 1 aliphatic heterocycles. The first-order chi connectivity index (χ1) is 7.75. The summed E-state index contributed by atoms with van der Waals surface area (Å²) in [6, 6.07) is 0.670. The first kappa shape index (κ1) is 12.3. The van der Waals surface area contributed by atoms with E-state index in [0.29, 0.717) is 6.04 Å². The summed E-state index contributed by atoms with van der Waals surface area (Å²) in [4.78, 5) is 2.41. The quantitative estimate of drug-likeness (QED) is 0.789. The van der Waals surface area contributed by atoms with E-state index in [2.05, 4.69) is 29.3 Å². The molecule has 1 N–H and O–H groups in total. The Bertz CT molecular complexity index is 193. The van der Waals surface area contributed by atoms with Crippen LogP contribution in [0.15, 0.2) is 0 Å². The van der Waals surface area contributed by atoms with Gasteiger partial charge in [-0.05, 0) is 32.7 Å². The third-order valence-electron chi connectivity index (χ3n) is 4.25. The van der Waals surface area contributed by atoms with Gasteiger partial charge in [-0.1, -0.05) is 19.3 Å². The van der Waals surface area contributed by atoms with E-state index >= 15 is 0 Å². The Morgan fingerprint density at radius 2 is 1.62 bits per heavy atom. The van der Waals surface area contributed by atoms with E-state index in [1.807, 2.05) is 0 Å². The lowest BCUT2D eigenvalue weighted by Gasteiger charge is -2.37. The molecule has 2 aliphatic rings. The molecule has 0 radical (unpaired) electrons. The van der Waals surface area contributed by atoms with Crippen molar-refractivity contribution < 1.29 is 0 Å². The van der Waals surface area contributed by atoms with Crippen molar-refractivity contribution in [2.24, 2.45) is 5.92 Å². The summed E-state index contributed by atoms with van der Waals surface area (Å²) in [6.07, 6.45) is 7.21. The number of nitrogens with zero attached hydrogens (tertiary/aromatic N) is 2. The molecule has 0 amide bonds. The summed E-state index contributed by atoms with van der Waals surface area (Å²) >= 11 is 0. The molecule has 0 aromatic heterocycles. The molecule has 0 aromatic carbocycles. The highest BCUT2D eigenvalue weighted by atomic mass is 15.5. The van der Waals surface area contributed by atoms with E-state index in [4.69, 9.17) is 0 Å². The SMILES string of the molecule is CC(NN1CCN(C)CC1)C1CCCCC1. The molecule has 2 fully saturated rings. The van der Waals surface area contributed by atoms with Gasteiger partial charge in [0.1, 0.15) is 0 Å². The van der Waals surface area contributed by atoms with Gasteiger partial charge in [-0.25, -0.2) is 5.01 Å². The smallest absolute Gasteiger partial charge is 0.0259 e. The van der Waals surface area contributed by atoms with Crippen LogP contribution in [0.25, 0.3) is 0 Å². The van der Waals surface area contributed by atoms with Gasteiger partial charge in [-0.3, -0.25) is 5.43 Å². The van der Waals surface area contributed by atoms with Crippen LogP contribution in [0.3, 0.4) is 0 Å². The molecule has 3 heteroatoms. The lowest BCUT2D eigenvalue weighted by Crippen LogP contribution is -2.54. The fourth-order valence-corrected chi connectivity index (χ4v) is 2.96. The highest BCUT2D eigenvalue weighted by Crippen LogP contribution is 2.26. The molecule has 0 spiro atoms. The van der Waals surface area contributed by atoms with Crippen LogP contribution in [0.4, 0.5) is 0 Å².